The van der Waals surface area contributed by atoms with E-state index in [1.807, 2.05) is 49.1 Å². The molecule has 0 radical (unpaired) electrons. The molecule has 180 valence electrons. The molecule has 1 fully saturated rings. The van der Waals surface area contributed by atoms with Crippen LogP contribution in [0.5, 0.6) is 0 Å². The van der Waals surface area contributed by atoms with Crippen LogP contribution in [0.15, 0.2) is 45.3 Å². The number of rotatable bonds is 5. The fraction of sp³-hybridized carbons (Fsp3) is 0.333. The summed E-state index contributed by atoms with van der Waals surface area (Å²) < 4.78 is 11.0. The number of nitrogens with one attached hydrogen (secondary N) is 1. The topological polar surface area (TPSA) is 101 Å². The maximum Gasteiger partial charge on any atom is 0.259 e. The third-order valence-corrected chi connectivity index (χ3v) is 6.48. The van der Waals surface area contributed by atoms with E-state index < -0.39 is 0 Å². The molecule has 8 heteroatoms. The van der Waals surface area contributed by atoms with Crippen molar-refractivity contribution < 1.29 is 18.5 Å². The van der Waals surface area contributed by atoms with E-state index in [2.05, 4.69) is 15.5 Å². The van der Waals surface area contributed by atoms with Gasteiger partial charge in [-0.25, -0.2) is 4.98 Å². The highest BCUT2D eigenvalue weighted by Crippen LogP contribution is 2.30. The quantitative estimate of drug-likeness (QED) is 0.440. The van der Waals surface area contributed by atoms with Crippen molar-refractivity contribution in [3.05, 3.63) is 70.3 Å². The molecule has 8 nitrogen and oxygen atoms in total. The van der Waals surface area contributed by atoms with Crippen LogP contribution < -0.4 is 5.32 Å². The molecule has 1 aliphatic rings. The van der Waals surface area contributed by atoms with Gasteiger partial charge in [-0.1, -0.05) is 17.3 Å². The number of hydrogen-bond acceptors (Lipinski definition) is 6. The molecule has 1 aliphatic heterocycles. The highest BCUT2D eigenvalue weighted by molar-refractivity contribution is 6.07. The van der Waals surface area contributed by atoms with Gasteiger partial charge in [0.1, 0.15) is 11.5 Å². The van der Waals surface area contributed by atoms with Crippen LogP contribution in [0.1, 0.15) is 62.8 Å². The van der Waals surface area contributed by atoms with E-state index >= 15 is 0 Å². The molecule has 5 rings (SSSR count). The number of likely N-dealkylation sites (tertiary alicyclic amines) is 1. The van der Waals surface area contributed by atoms with Gasteiger partial charge in [0.15, 0.2) is 0 Å². The molecule has 1 aromatic carbocycles. The first-order chi connectivity index (χ1) is 16.9. The van der Waals surface area contributed by atoms with Crippen molar-refractivity contribution in [3.63, 3.8) is 0 Å². The number of amides is 2. The second-order valence-electron chi connectivity index (χ2n) is 9.06. The lowest BCUT2D eigenvalue weighted by Gasteiger charge is -2.26. The Morgan fingerprint density at radius 1 is 1.03 bits per heavy atom. The number of carbonyl (C=O) groups excluding carboxylic acids is 2. The Morgan fingerprint density at radius 2 is 1.77 bits per heavy atom. The van der Waals surface area contributed by atoms with Gasteiger partial charge in [-0.05, 0) is 69.9 Å². The van der Waals surface area contributed by atoms with Gasteiger partial charge in [0.25, 0.3) is 17.5 Å². The van der Waals surface area contributed by atoms with Crippen LogP contribution >= 0.6 is 0 Å². The number of carbonyl (C=O) groups is 2. The highest BCUT2D eigenvalue weighted by atomic mass is 16.5. The molecule has 0 bridgehead atoms. The van der Waals surface area contributed by atoms with Gasteiger partial charge in [0.2, 0.25) is 0 Å². The summed E-state index contributed by atoms with van der Waals surface area (Å²) in [4.78, 5) is 32.4. The van der Waals surface area contributed by atoms with E-state index in [4.69, 9.17) is 8.94 Å². The van der Waals surface area contributed by atoms with Gasteiger partial charge in [-0.15, -0.1) is 0 Å². The van der Waals surface area contributed by atoms with Crippen molar-refractivity contribution in [2.24, 2.45) is 0 Å². The maximum atomic E-state index is 13.2. The highest BCUT2D eigenvalue weighted by Gasteiger charge is 2.21. The maximum absolute atomic E-state index is 13.2. The minimum atomic E-state index is -0.253. The van der Waals surface area contributed by atoms with Crippen molar-refractivity contribution in [2.75, 3.05) is 13.1 Å². The molecule has 0 spiro atoms. The van der Waals surface area contributed by atoms with E-state index in [0.717, 1.165) is 48.6 Å². The number of piperidine rings is 1. The van der Waals surface area contributed by atoms with Crippen molar-refractivity contribution in [2.45, 2.75) is 46.6 Å². The number of benzene rings is 1. The monoisotopic (exact) mass is 472 g/mol. The second-order valence-corrected chi connectivity index (χ2v) is 9.06. The summed E-state index contributed by atoms with van der Waals surface area (Å²) in [6.07, 6.45) is 3.31. The zero-order chi connectivity index (χ0) is 24.5. The van der Waals surface area contributed by atoms with Crippen molar-refractivity contribution >= 4 is 22.9 Å². The Balaban J connectivity index is 1.34. The predicted molar refractivity (Wildman–Crippen MR) is 131 cm³/mol. The van der Waals surface area contributed by atoms with Crippen LogP contribution in [-0.4, -0.2) is 39.9 Å². The third-order valence-electron chi connectivity index (χ3n) is 6.48. The van der Waals surface area contributed by atoms with Gasteiger partial charge < -0.3 is 19.2 Å². The lowest BCUT2D eigenvalue weighted by atomic mass is 10.0. The summed E-state index contributed by atoms with van der Waals surface area (Å²) in [7, 11) is 0. The summed E-state index contributed by atoms with van der Waals surface area (Å²) in [6.45, 7) is 7.48. The molecule has 35 heavy (non-hydrogen) atoms. The van der Waals surface area contributed by atoms with Crippen molar-refractivity contribution in [3.8, 4) is 11.3 Å². The van der Waals surface area contributed by atoms with E-state index in [9.17, 15) is 9.59 Å². The van der Waals surface area contributed by atoms with Crippen LogP contribution in [-0.2, 0) is 6.54 Å². The van der Waals surface area contributed by atoms with Gasteiger partial charge in [-0.3, -0.25) is 9.59 Å². The summed E-state index contributed by atoms with van der Waals surface area (Å²) >= 11 is 0. The zero-order valence-corrected chi connectivity index (χ0v) is 20.2. The number of fused-ring (bicyclic) bond motifs is 1. The standard InChI is InChI=1S/C27H28N4O4/c1-16-13-21(18(3)34-16)23-14-22(24-17(2)30-35-26(24)29-23)25(32)28-15-19-7-9-20(10-8-19)27(33)31-11-5-4-6-12-31/h7-10,13-14H,4-6,11-12,15H2,1-3H3,(H,28,32). The Bertz CT molecular complexity index is 1390. The summed E-state index contributed by atoms with van der Waals surface area (Å²) in [5.74, 6) is 1.30. The zero-order valence-electron chi connectivity index (χ0n) is 20.2. The Morgan fingerprint density at radius 3 is 2.46 bits per heavy atom. The summed E-state index contributed by atoms with van der Waals surface area (Å²) in [5, 5.41) is 7.58. The lowest BCUT2D eigenvalue weighted by Crippen LogP contribution is -2.35. The minimum Gasteiger partial charge on any atom is -0.466 e. The van der Waals surface area contributed by atoms with E-state index in [1.54, 1.807) is 13.0 Å². The smallest absolute Gasteiger partial charge is 0.259 e. The third kappa shape index (κ3) is 4.56. The molecule has 0 aliphatic carbocycles. The van der Waals surface area contributed by atoms with Crippen LogP contribution in [0.25, 0.3) is 22.4 Å². The fourth-order valence-corrected chi connectivity index (χ4v) is 4.62. The van der Waals surface area contributed by atoms with Crippen molar-refractivity contribution in [1.82, 2.24) is 20.4 Å². The number of aryl methyl sites for hydroxylation is 3. The Kier molecular flexibility index (Phi) is 6.11. The van der Waals surface area contributed by atoms with Gasteiger partial charge in [0.05, 0.1) is 22.3 Å². The first-order valence-corrected chi connectivity index (χ1v) is 11.9. The molecule has 0 atom stereocenters. The number of pyridine rings is 1. The lowest BCUT2D eigenvalue weighted by molar-refractivity contribution is 0.0724. The molecule has 1 saturated heterocycles. The summed E-state index contributed by atoms with van der Waals surface area (Å²) in [6, 6.07) is 11.1. The molecule has 4 aromatic rings. The number of aromatic nitrogens is 2. The van der Waals surface area contributed by atoms with E-state index in [-0.39, 0.29) is 11.8 Å². The normalized spacial score (nSPS) is 13.9. The molecule has 3 aromatic heterocycles. The number of nitrogens with zero attached hydrogens (tertiary/aromatic N) is 3. The first-order valence-electron chi connectivity index (χ1n) is 11.9. The molecule has 0 unspecified atom stereocenters. The average molecular weight is 473 g/mol. The SMILES string of the molecule is Cc1cc(-c2cc(C(=O)NCc3ccc(C(=O)N4CCCCC4)cc3)c3c(C)noc3n2)c(C)o1. The molecular weight excluding hydrogens is 444 g/mol. The molecule has 4 heterocycles. The van der Waals surface area contributed by atoms with Crippen LogP contribution in [0, 0.1) is 20.8 Å². The fourth-order valence-electron chi connectivity index (χ4n) is 4.62. The van der Waals surface area contributed by atoms with Crippen molar-refractivity contribution in [1.29, 1.82) is 0 Å². The Hall–Kier alpha value is -3.94. The predicted octanol–water partition coefficient (Wildman–Crippen LogP) is 4.96. The van der Waals surface area contributed by atoms with Gasteiger partial charge in [0, 0.05) is 30.8 Å². The largest absolute Gasteiger partial charge is 0.466 e. The van der Waals surface area contributed by atoms with E-state index in [1.165, 1.54) is 6.42 Å². The van der Waals surface area contributed by atoms with Crippen LogP contribution in [0.2, 0.25) is 0 Å². The average Bonchev–Trinajstić information content (AvgIpc) is 3.43. The summed E-state index contributed by atoms with van der Waals surface area (Å²) in [5.41, 5.74) is 4.33. The number of furan rings is 1. The Labute approximate surface area is 203 Å². The number of hydrogen-bond donors (Lipinski definition) is 1. The van der Waals surface area contributed by atoms with Gasteiger partial charge >= 0.3 is 0 Å². The molecule has 2 amide bonds. The molecule has 0 saturated carbocycles. The molecular formula is C27H28N4O4. The second kappa shape index (κ2) is 9.37. The van der Waals surface area contributed by atoms with Gasteiger partial charge in [-0.2, -0.15) is 0 Å². The minimum absolute atomic E-state index is 0.0692. The molecule has 1 N–H and O–H groups in total. The first kappa shape index (κ1) is 22.8. The van der Waals surface area contributed by atoms with E-state index in [0.29, 0.717) is 40.2 Å². The van der Waals surface area contributed by atoms with Crippen LogP contribution in [0.4, 0.5) is 0 Å². The van der Waals surface area contributed by atoms with Crippen LogP contribution in [0.3, 0.4) is 0 Å².